The largest absolute Gasteiger partial charge is 0.483 e. The number of ether oxygens (including phenoxy) is 1. The van der Waals surface area contributed by atoms with Gasteiger partial charge in [0.25, 0.3) is 15.9 Å². The number of anilines is 1. The predicted octanol–water partition coefficient (Wildman–Crippen LogP) is 2.62. The third kappa shape index (κ3) is 5.36. The topological polar surface area (TPSA) is 122 Å². The van der Waals surface area contributed by atoms with Gasteiger partial charge in [-0.25, -0.2) is 17.9 Å². The first kappa shape index (κ1) is 19.5. The lowest BCUT2D eigenvalue weighted by Gasteiger charge is -2.10. The molecule has 0 fully saturated rings. The molecular weight excluding hydrogens is 384 g/mol. The van der Waals surface area contributed by atoms with Crippen molar-refractivity contribution in [2.75, 3.05) is 11.9 Å². The van der Waals surface area contributed by atoms with Crippen LogP contribution in [0.15, 0.2) is 47.4 Å². The maximum Gasteiger partial charge on any atom is 0.418 e. The van der Waals surface area contributed by atoms with Gasteiger partial charge in [-0.1, -0.05) is 11.6 Å². The van der Waals surface area contributed by atoms with Crippen molar-refractivity contribution in [3.05, 3.63) is 53.1 Å². The van der Waals surface area contributed by atoms with Crippen LogP contribution < -0.4 is 14.8 Å². The van der Waals surface area contributed by atoms with Crippen LogP contribution in [0.4, 0.5) is 10.5 Å². The number of hydrogen-bond donors (Lipinski definition) is 3. The Hall–Kier alpha value is -2.78. The molecule has 0 radical (unpaired) electrons. The summed E-state index contributed by atoms with van der Waals surface area (Å²) in [4.78, 5) is 22.1. The van der Waals surface area contributed by atoms with Gasteiger partial charge in [0.05, 0.1) is 4.90 Å². The van der Waals surface area contributed by atoms with Crippen LogP contribution in [0.3, 0.4) is 0 Å². The van der Waals surface area contributed by atoms with E-state index in [0.717, 1.165) is 5.56 Å². The minimum atomic E-state index is -4.16. The van der Waals surface area contributed by atoms with E-state index in [-0.39, 0.29) is 11.5 Å². The van der Waals surface area contributed by atoms with Crippen LogP contribution in [0.25, 0.3) is 0 Å². The quantitative estimate of drug-likeness (QED) is 0.687. The highest BCUT2D eigenvalue weighted by Gasteiger charge is 2.16. The van der Waals surface area contributed by atoms with E-state index in [4.69, 9.17) is 21.4 Å². The number of carbonyl (C=O) groups is 2. The van der Waals surface area contributed by atoms with E-state index < -0.39 is 22.0 Å². The Labute approximate surface area is 154 Å². The van der Waals surface area contributed by atoms with Crippen LogP contribution in [0.1, 0.15) is 5.56 Å². The molecule has 0 aliphatic rings. The Morgan fingerprint density at radius 2 is 1.81 bits per heavy atom. The maximum absolute atomic E-state index is 11.9. The number of amides is 2. The fraction of sp³-hybridized carbons (Fsp3) is 0.125. The van der Waals surface area contributed by atoms with Crippen molar-refractivity contribution >= 4 is 39.3 Å². The van der Waals surface area contributed by atoms with Crippen molar-refractivity contribution in [3.8, 4) is 5.75 Å². The van der Waals surface area contributed by atoms with Crippen molar-refractivity contribution in [1.82, 2.24) is 4.72 Å². The molecule has 0 saturated heterocycles. The van der Waals surface area contributed by atoms with Crippen LogP contribution in [0.5, 0.6) is 5.75 Å². The number of benzene rings is 2. The molecule has 2 aromatic rings. The van der Waals surface area contributed by atoms with Crippen molar-refractivity contribution < 1.29 is 27.9 Å². The first-order chi connectivity index (χ1) is 12.2. The highest BCUT2D eigenvalue weighted by atomic mass is 35.5. The number of halogens is 1. The molecule has 0 aromatic heterocycles. The number of hydrogen-bond acceptors (Lipinski definition) is 5. The second kappa shape index (κ2) is 8.07. The first-order valence-electron chi connectivity index (χ1n) is 7.22. The van der Waals surface area contributed by atoms with Gasteiger partial charge in [0.1, 0.15) is 5.75 Å². The zero-order valence-electron chi connectivity index (χ0n) is 13.5. The molecule has 10 heteroatoms. The minimum Gasteiger partial charge on any atom is -0.483 e. The molecule has 0 heterocycles. The van der Waals surface area contributed by atoms with Crippen molar-refractivity contribution in [2.24, 2.45) is 0 Å². The van der Waals surface area contributed by atoms with Crippen molar-refractivity contribution in [1.29, 1.82) is 0 Å². The van der Waals surface area contributed by atoms with Crippen molar-refractivity contribution in [2.45, 2.75) is 11.8 Å². The van der Waals surface area contributed by atoms with Gasteiger partial charge < -0.3 is 15.2 Å². The Morgan fingerprint density at radius 3 is 2.38 bits per heavy atom. The smallest absolute Gasteiger partial charge is 0.418 e. The molecule has 138 valence electrons. The van der Waals surface area contributed by atoms with E-state index in [1.54, 1.807) is 25.1 Å². The van der Waals surface area contributed by atoms with Gasteiger partial charge in [-0.15, -0.1) is 0 Å². The number of nitrogens with one attached hydrogen (secondary N) is 2. The number of aryl methyl sites for hydroxylation is 1. The zero-order chi connectivity index (χ0) is 19.3. The summed E-state index contributed by atoms with van der Waals surface area (Å²) in [5, 5.41) is 11.6. The summed E-state index contributed by atoms with van der Waals surface area (Å²) in [6.45, 7) is 1.55. The highest BCUT2D eigenvalue weighted by Crippen LogP contribution is 2.21. The summed E-state index contributed by atoms with van der Waals surface area (Å²) in [6.07, 6.45) is -1.68. The molecule has 2 aromatic carbocycles. The Balaban J connectivity index is 1.96. The third-order valence-electron chi connectivity index (χ3n) is 3.17. The summed E-state index contributed by atoms with van der Waals surface area (Å²) < 4.78 is 30.2. The monoisotopic (exact) mass is 398 g/mol. The zero-order valence-corrected chi connectivity index (χ0v) is 15.1. The molecule has 0 spiro atoms. The summed E-state index contributed by atoms with van der Waals surface area (Å²) in [5.41, 5.74) is 1.12. The molecule has 0 aliphatic heterocycles. The van der Waals surface area contributed by atoms with E-state index in [1.165, 1.54) is 29.0 Å². The van der Waals surface area contributed by atoms with Crippen LogP contribution in [-0.4, -0.2) is 32.1 Å². The summed E-state index contributed by atoms with van der Waals surface area (Å²) in [5.74, 6) is 0.0735. The number of carbonyl (C=O) groups excluding carboxylic acids is 1. The van der Waals surface area contributed by atoms with Gasteiger partial charge in [-0.2, -0.15) is 0 Å². The molecule has 2 rings (SSSR count). The molecule has 3 N–H and O–H groups in total. The lowest BCUT2D eigenvalue weighted by Crippen LogP contribution is -2.28. The average Bonchev–Trinajstić information content (AvgIpc) is 2.53. The standard InChI is InChI=1S/C16H15ClN2O6S/c1-10-8-11(17)2-7-14(10)25-9-15(20)18-12-3-5-13(6-4-12)26(23,24)19-16(21)22/h2-8,19H,9H2,1H3,(H,18,20)(H,21,22). The average molecular weight is 399 g/mol. The Morgan fingerprint density at radius 1 is 1.15 bits per heavy atom. The van der Waals surface area contributed by atoms with E-state index >= 15 is 0 Å². The molecule has 0 saturated carbocycles. The SMILES string of the molecule is Cc1cc(Cl)ccc1OCC(=O)Nc1ccc(S(=O)(=O)NC(=O)O)cc1. The normalized spacial score (nSPS) is 10.8. The van der Waals surface area contributed by atoms with Gasteiger partial charge in [0.2, 0.25) is 0 Å². The second-order valence-electron chi connectivity index (χ2n) is 5.18. The molecule has 0 unspecified atom stereocenters. The van der Waals surface area contributed by atoms with Crippen molar-refractivity contribution in [3.63, 3.8) is 0 Å². The highest BCUT2D eigenvalue weighted by molar-refractivity contribution is 7.90. The van der Waals surface area contributed by atoms with Crippen LogP contribution in [-0.2, 0) is 14.8 Å². The summed E-state index contributed by atoms with van der Waals surface area (Å²) >= 11 is 5.84. The summed E-state index contributed by atoms with van der Waals surface area (Å²) in [7, 11) is -4.16. The van der Waals surface area contributed by atoms with E-state index in [2.05, 4.69) is 5.32 Å². The Bertz CT molecular complexity index is 928. The van der Waals surface area contributed by atoms with Gasteiger partial charge in [-0.05, 0) is 55.0 Å². The number of rotatable bonds is 6. The van der Waals surface area contributed by atoms with Gasteiger partial charge in [0.15, 0.2) is 6.61 Å². The lowest BCUT2D eigenvalue weighted by atomic mass is 10.2. The fourth-order valence-corrected chi connectivity index (χ4v) is 3.08. The minimum absolute atomic E-state index is 0.245. The third-order valence-corrected chi connectivity index (χ3v) is 4.74. The molecule has 8 nitrogen and oxygen atoms in total. The van der Waals surface area contributed by atoms with Gasteiger partial charge >= 0.3 is 6.09 Å². The number of sulfonamides is 1. The van der Waals surface area contributed by atoms with E-state index in [1.807, 2.05) is 0 Å². The first-order valence-corrected chi connectivity index (χ1v) is 9.08. The molecule has 0 atom stereocenters. The molecular formula is C16H15ClN2O6S. The lowest BCUT2D eigenvalue weighted by molar-refractivity contribution is -0.118. The van der Waals surface area contributed by atoms with Gasteiger partial charge in [0, 0.05) is 10.7 Å². The molecule has 26 heavy (non-hydrogen) atoms. The van der Waals surface area contributed by atoms with E-state index in [9.17, 15) is 18.0 Å². The molecule has 0 bridgehead atoms. The second-order valence-corrected chi connectivity index (χ2v) is 7.30. The fourth-order valence-electron chi connectivity index (χ4n) is 2.01. The number of carboxylic acid groups (broad SMARTS) is 1. The molecule has 2 amide bonds. The molecule has 0 aliphatic carbocycles. The maximum atomic E-state index is 11.9. The van der Waals surface area contributed by atoms with Crippen LogP contribution >= 0.6 is 11.6 Å². The predicted molar refractivity (Wildman–Crippen MR) is 95.1 cm³/mol. The van der Waals surface area contributed by atoms with Crippen LogP contribution in [0, 0.1) is 6.92 Å². The Kier molecular flexibility index (Phi) is 6.06. The van der Waals surface area contributed by atoms with Crippen LogP contribution in [0.2, 0.25) is 5.02 Å². The summed E-state index contributed by atoms with van der Waals surface area (Å²) in [6, 6.07) is 10.0. The van der Waals surface area contributed by atoms with E-state index in [0.29, 0.717) is 16.5 Å². The van der Waals surface area contributed by atoms with Gasteiger partial charge in [-0.3, -0.25) is 4.79 Å².